The zero-order chi connectivity index (χ0) is 69.9. The first kappa shape index (κ1) is 67.3. The van der Waals surface area contributed by atoms with Crippen molar-refractivity contribution in [2.45, 2.75) is 195 Å². The molecule has 1 aliphatic carbocycles. The molecule has 0 radical (unpaired) electrons. The predicted octanol–water partition coefficient (Wildman–Crippen LogP) is 25.6. The average molecular weight is 1300 g/mol. The molecule has 0 atom stereocenters. The van der Waals surface area contributed by atoms with Crippen LogP contribution >= 0.6 is 0 Å². The van der Waals surface area contributed by atoms with Gasteiger partial charge in [-0.1, -0.05) is 326 Å². The highest BCUT2D eigenvalue weighted by molar-refractivity contribution is 7.00. The zero-order valence-corrected chi connectivity index (χ0v) is 62.5. The smallest absolute Gasteiger partial charge is 0.252 e. The Morgan fingerprint density at radius 2 is 0.545 bits per heavy atom. The van der Waals surface area contributed by atoms with Gasteiger partial charge in [0.2, 0.25) is 0 Å². The fourth-order valence-corrected chi connectivity index (χ4v) is 15.9. The summed E-state index contributed by atoms with van der Waals surface area (Å²) in [6, 6.07) is 91.5. The van der Waals surface area contributed by atoms with Crippen LogP contribution < -0.4 is 26.2 Å². The topological polar surface area (TPSA) is 6.48 Å². The normalized spacial score (nSPS) is 14.5. The SMILES string of the molecule is CC(C)(C)c1ccc(-c2cc(C(C)(C)C)cc(-c3ccc(C(C)(C)C)cc3)c2N2c3cc(-c4ccccc4)ccc3B3c4ccc(-c5ccccc5)cc4N(c4c(-c5ccc(C(C)(C)C)cc5)cc(C(C)(C)C)cc4-c4ccc(C(C)(C)C)cc4)c4cc(C5CCCCC5)cc2c43)cc1. The van der Waals surface area contributed by atoms with E-state index in [1.165, 1.54) is 175 Å². The summed E-state index contributed by atoms with van der Waals surface area (Å²) in [5, 5.41) is 0. The molecule has 0 N–H and O–H groups in total. The summed E-state index contributed by atoms with van der Waals surface area (Å²) in [6.45, 7) is 42.2. The number of hydrogen-bond donors (Lipinski definition) is 0. The first-order valence-corrected chi connectivity index (χ1v) is 36.9. The van der Waals surface area contributed by atoms with Gasteiger partial charge in [0.1, 0.15) is 0 Å². The van der Waals surface area contributed by atoms with Crippen molar-refractivity contribution in [3.8, 4) is 66.8 Å². The summed E-state index contributed by atoms with van der Waals surface area (Å²) in [5.41, 5.74) is 34.7. The molecule has 3 heteroatoms. The third-order valence-corrected chi connectivity index (χ3v) is 22.0. The number of rotatable bonds is 9. The van der Waals surface area contributed by atoms with Gasteiger partial charge < -0.3 is 9.80 Å². The molecule has 11 aromatic rings. The van der Waals surface area contributed by atoms with Crippen LogP contribution in [0.1, 0.15) is 202 Å². The average Bonchev–Trinajstić information content (AvgIpc) is 0.686. The lowest BCUT2D eigenvalue weighted by Crippen LogP contribution is -2.61. The van der Waals surface area contributed by atoms with E-state index in [1.807, 2.05) is 0 Å². The van der Waals surface area contributed by atoms with Crippen molar-refractivity contribution >= 4 is 57.2 Å². The van der Waals surface area contributed by atoms with Crippen molar-refractivity contribution < 1.29 is 0 Å². The molecule has 0 aromatic heterocycles. The monoisotopic (exact) mass is 1290 g/mol. The van der Waals surface area contributed by atoms with E-state index in [1.54, 1.807) is 0 Å². The van der Waals surface area contributed by atoms with Crippen LogP contribution in [0.4, 0.5) is 34.1 Å². The van der Waals surface area contributed by atoms with Gasteiger partial charge >= 0.3 is 0 Å². The summed E-state index contributed by atoms with van der Waals surface area (Å²) >= 11 is 0. The molecule has 2 nitrogen and oxygen atoms in total. The molecule has 0 saturated heterocycles. The maximum absolute atomic E-state index is 2.80. The maximum atomic E-state index is 2.80. The van der Waals surface area contributed by atoms with E-state index < -0.39 is 0 Å². The lowest BCUT2D eigenvalue weighted by Gasteiger charge is -2.46. The van der Waals surface area contributed by atoms with Crippen LogP contribution in [0.3, 0.4) is 0 Å². The van der Waals surface area contributed by atoms with Crippen LogP contribution in [0.5, 0.6) is 0 Å². The van der Waals surface area contributed by atoms with E-state index in [2.05, 4.69) is 365 Å². The van der Waals surface area contributed by atoms with Crippen molar-refractivity contribution in [2.75, 3.05) is 9.80 Å². The second-order valence-corrected chi connectivity index (χ2v) is 35.3. The summed E-state index contributed by atoms with van der Waals surface area (Å²) < 4.78 is 0. The van der Waals surface area contributed by atoms with Gasteiger partial charge in [-0.3, -0.25) is 0 Å². The molecule has 2 heterocycles. The maximum Gasteiger partial charge on any atom is 0.252 e. The molecule has 0 amide bonds. The van der Waals surface area contributed by atoms with Crippen molar-refractivity contribution in [3.05, 3.63) is 269 Å². The molecule has 1 fully saturated rings. The Labute approximate surface area is 594 Å². The first-order valence-electron chi connectivity index (χ1n) is 36.9. The molecule has 14 rings (SSSR count). The number of hydrogen-bond acceptors (Lipinski definition) is 2. The molecular weight excluding hydrogens is 1190 g/mol. The highest BCUT2D eigenvalue weighted by Gasteiger charge is 2.46. The minimum absolute atomic E-state index is 0.0234. The van der Waals surface area contributed by atoms with E-state index in [4.69, 9.17) is 0 Å². The van der Waals surface area contributed by atoms with Crippen LogP contribution in [-0.4, -0.2) is 6.71 Å². The Morgan fingerprint density at radius 1 is 0.263 bits per heavy atom. The van der Waals surface area contributed by atoms with E-state index >= 15 is 0 Å². The fraction of sp³-hybridized carbons (Fsp3) is 0.312. The van der Waals surface area contributed by atoms with Gasteiger partial charge in [-0.05, 0) is 200 Å². The molecule has 0 unspecified atom stereocenters. The molecule has 2 aliphatic heterocycles. The van der Waals surface area contributed by atoms with E-state index in [0.29, 0.717) is 5.92 Å². The van der Waals surface area contributed by atoms with Crippen molar-refractivity contribution in [2.24, 2.45) is 0 Å². The summed E-state index contributed by atoms with van der Waals surface area (Å²) in [6.07, 6.45) is 6.01. The summed E-state index contributed by atoms with van der Waals surface area (Å²) in [4.78, 5) is 5.61. The lowest BCUT2D eigenvalue weighted by atomic mass is 9.33. The quantitative estimate of drug-likeness (QED) is 0.133. The van der Waals surface area contributed by atoms with Gasteiger partial charge in [0.15, 0.2) is 0 Å². The fourth-order valence-electron chi connectivity index (χ4n) is 15.9. The van der Waals surface area contributed by atoms with Gasteiger partial charge in [0, 0.05) is 45.0 Å². The Balaban J connectivity index is 1.18. The number of benzene rings is 11. The van der Waals surface area contributed by atoms with Crippen molar-refractivity contribution in [1.29, 1.82) is 0 Å². The van der Waals surface area contributed by atoms with Crippen LogP contribution in [-0.2, 0) is 32.5 Å². The standard InChI is InChI=1S/C96H103BN2/c1-91(2,3)72-44-34-65(35-45-72)78-58-76(95(13,14)15)59-79(66-36-46-73(47-37-66)92(4,5)6)89(78)98-84-54-69(62-28-22-19-23-29-62)42-52-82(84)97-83-53-43-70(63-30-24-20-25-31-63)55-85(83)99(87-57-71(56-86(98)88(87)97)64-32-26-21-27-33-64)90-80(67-38-48-74(49-39-67)93(7,8)9)60-77(96(16,17)18)61-81(90)68-40-50-75(51-41-68)94(10,11)12/h19-20,22-25,28-31,34-61,64H,21,26-27,32-33H2,1-18H3. The Hall–Kier alpha value is -8.92. The summed E-state index contributed by atoms with van der Waals surface area (Å²) in [5.74, 6) is 0.366. The second-order valence-electron chi connectivity index (χ2n) is 35.3. The van der Waals surface area contributed by atoms with Gasteiger partial charge in [-0.25, -0.2) is 0 Å². The van der Waals surface area contributed by atoms with Gasteiger partial charge in [0.25, 0.3) is 6.71 Å². The van der Waals surface area contributed by atoms with E-state index in [-0.39, 0.29) is 39.2 Å². The van der Waals surface area contributed by atoms with Gasteiger partial charge in [-0.15, -0.1) is 0 Å². The Morgan fingerprint density at radius 3 is 0.828 bits per heavy atom. The highest BCUT2D eigenvalue weighted by Crippen LogP contribution is 2.56. The predicted molar refractivity (Wildman–Crippen MR) is 431 cm³/mol. The molecule has 0 bridgehead atoms. The highest BCUT2D eigenvalue weighted by atomic mass is 15.2. The molecule has 0 spiro atoms. The Bertz CT molecular complexity index is 4360. The molecule has 3 aliphatic rings. The molecule has 11 aromatic carbocycles. The van der Waals surface area contributed by atoms with Crippen molar-refractivity contribution in [3.63, 3.8) is 0 Å². The molecular formula is C96H103BN2. The van der Waals surface area contributed by atoms with Crippen LogP contribution in [0.2, 0.25) is 0 Å². The van der Waals surface area contributed by atoms with Crippen LogP contribution in [0.25, 0.3) is 66.8 Å². The lowest BCUT2D eigenvalue weighted by molar-refractivity contribution is 0.444. The minimum Gasteiger partial charge on any atom is -0.310 e. The zero-order valence-electron chi connectivity index (χ0n) is 62.5. The number of anilines is 6. The Kier molecular flexibility index (Phi) is 17.0. The van der Waals surface area contributed by atoms with E-state index in [0.717, 1.165) is 12.8 Å². The molecule has 500 valence electrons. The minimum atomic E-state index is -0.176. The van der Waals surface area contributed by atoms with E-state index in [9.17, 15) is 0 Å². The third kappa shape index (κ3) is 12.9. The third-order valence-electron chi connectivity index (χ3n) is 22.0. The molecule has 1 saturated carbocycles. The summed E-state index contributed by atoms with van der Waals surface area (Å²) in [7, 11) is 0. The van der Waals surface area contributed by atoms with Gasteiger partial charge in [-0.2, -0.15) is 0 Å². The number of nitrogens with zero attached hydrogens (tertiary/aromatic N) is 2. The second kappa shape index (κ2) is 25.1. The van der Waals surface area contributed by atoms with Crippen LogP contribution in [0.15, 0.2) is 231 Å². The first-order chi connectivity index (χ1) is 46.9. The number of fused-ring (bicyclic) bond motifs is 4. The van der Waals surface area contributed by atoms with Crippen LogP contribution in [0, 0.1) is 0 Å². The van der Waals surface area contributed by atoms with Gasteiger partial charge in [0.05, 0.1) is 11.4 Å². The molecule has 99 heavy (non-hydrogen) atoms. The van der Waals surface area contributed by atoms with Crippen molar-refractivity contribution in [1.82, 2.24) is 0 Å². The largest absolute Gasteiger partial charge is 0.310 e.